The summed E-state index contributed by atoms with van der Waals surface area (Å²) in [6.45, 7) is 10.9. The van der Waals surface area contributed by atoms with Crippen molar-refractivity contribution in [2.75, 3.05) is 25.0 Å². The van der Waals surface area contributed by atoms with E-state index in [1.54, 1.807) is 0 Å². The number of morpholine rings is 1. The molecule has 0 saturated carbocycles. The van der Waals surface area contributed by atoms with Gasteiger partial charge in [0.15, 0.2) is 0 Å². The van der Waals surface area contributed by atoms with E-state index in [1.807, 2.05) is 6.92 Å². The third-order valence-corrected chi connectivity index (χ3v) is 4.86. The number of ether oxygens (including phenoxy) is 1. The van der Waals surface area contributed by atoms with Gasteiger partial charge in [0.2, 0.25) is 10.1 Å². The maximum Gasteiger partial charge on any atom is 0.275 e. The molecule has 0 spiro atoms. The Morgan fingerprint density at radius 3 is 2.83 bits per heavy atom. The molecule has 0 bridgehead atoms. The normalized spacial score (nSPS) is 24.0. The Labute approximate surface area is 139 Å². The summed E-state index contributed by atoms with van der Waals surface area (Å²) in [5, 5.41) is 8.36. The molecule has 1 saturated heterocycles. The van der Waals surface area contributed by atoms with E-state index in [9.17, 15) is 4.79 Å². The smallest absolute Gasteiger partial charge is 0.275 e. The molecule has 23 heavy (non-hydrogen) atoms. The highest BCUT2D eigenvalue weighted by molar-refractivity contribution is 7.20. The topological polar surface area (TPSA) is 71.8 Å². The Morgan fingerprint density at radius 2 is 2.13 bits per heavy atom. The number of anilines is 1. The standard InChI is InChI=1S/C15H23N5O2S/c1-9-5-13(21)20-15(17-9)23-14(18-20)16-6-10(2)19-7-11(3)22-12(4)8-19/h5,10-12H,6-8H2,1-4H3,(H,16,18). The molecule has 3 rings (SSSR count). The minimum absolute atomic E-state index is 0.138. The van der Waals surface area contributed by atoms with Gasteiger partial charge in [-0.3, -0.25) is 9.69 Å². The van der Waals surface area contributed by atoms with Crippen molar-refractivity contribution in [3.63, 3.8) is 0 Å². The highest BCUT2D eigenvalue weighted by Crippen LogP contribution is 2.18. The van der Waals surface area contributed by atoms with Crippen molar-refractivity contribution in [2.24, 2.45) is 0 Å². The molecule has 1 fully saturated rings. The van der Waals surface area contributed by atoms with Gasteiger partial charge in [0.25, 0.3) is 5.56 Å². The van der Waals surface area contributed by atoms with Crippen molar-refractivity contribution in [2.45, 2.75) is 45.9 Å². The Hall–Kier alpha value is -1.51. The zero-order valence-electron chi connectivity index (χ0n) is 13.9. The molecule has 8 heteroatoms. The molecule has 1 N–H and O–H groups in total. The van der Waals surface area contributed by atoms with Crippen molar-refractivity contribution < 1.29 is 4.74 Å². The second-order valence-corrected chi connectivity index (χ2v) is 7.23. The maximum atomic E-state index is 11.9. The summed E-state index contributed by atoms with van der Waals surface area (Å²) in [7, 11) is 0. The molecule has 3 unspecified atom stereocenters. The van der Waals surface area contributed by atoms with Gasteiger partial charge >= 0.3 is 0 Å². The second kappa shape index (κ2) is 6.54. The maximum absolute atomic E-state index is 11.9. The quantitative estimate of drug-likeness (QED) is 0.908. The van der Waals surface area contributed by atoms with Crippen molar-refractivity contribution in [3.8, 4) is 0 Å². The highest BCUT2D eigenvalue weighted by Gasteiger charge is 2.25. The molecule has 2 aromatic rings. The van der Waals surface area contributed by atoms with E-state index in [4.69, 9.17) is 4.74 Å². The number of hydrogen-bond acceptors (Lipinski definition) is 7. The van der Waals surface area contributed by atoms with Crippen LogP contribution in [0.2, 0.25) is 0 Å². The van der Waals surface area contributed by atoms with Gasteiger partial charge < -0.3 is 10.1 Å². The van der Waals surface area contributed by atoms with Gasteiger partial charge in [0.1, 0.15) is 0 Å². The SMILES string of the molecule is Cc1cc(=O)n2nc(NCC(C)N3CC(C)OC(C)C3)sc2n1. The fraction of sp³-hybridized carbons (Fsp3) is 0.667. The Balaban J connectivity index is 1.66. The Bertz CT molecular complexity index is 733. The van der Waals surface area contributed by atoms with Crippen molar-refractivity contribution in [3.05, 3.63) is 22.1 Å². The minimum atomic E-state index is -0.138. The number of nitrogens with zero attached hydrogens (tertiary/aromatic N) is 4. The van der Waals surface area contributed by atoms with Crippen LogP contribution in [0.5, 0.6) is 0 Å². The van der Waals surface area contributed by atoms with Gasteiger partial charge in [-0.1, -0.05) is 11.3 Å². The van der Waals surface area contributed by atoms with Crippen LogP contribution >= 0.6 is 11.3 Å². The van der Waals surface area contributed by atoms with Gasteiger partial charge in [-0.25, -0.2) is 4.98 Å². The van der Waals surface area contributed by atoms with E-state index >= 15 is 0 Å². The summed E-state index contributed by atoms with van der Waals surface area (Å²) in [6.07, 6.45) is 0.517. The summed E-state index contributed by atoms with van der Waals surface area (Å²) < 4.78 is 7.13. The van der Waals surface area contributed by atoms with Crippen LogP contribution < -0.4 is 10.9 Å². The lowest BCUT2D eigenvalue weighted by atomic mass is 10.2. The van der Waals surface area contributed by atoms with E-state index in [-0.39, 0.29) is 17.8 Å². The summed E-state index contributed by atoms with van der Waals surface area (Å²) >= 11 is 1.40. The predicted molar refractivity (Wildman–Crippen MR) is 91.4 cm³/mol. The van der Waals surface area contributed by atoms with Crippen molar-refractivity contribution in [1.82, 2.24) is 19.5 Å². The van der Waals surface area contributed by atoms with Gasteiger partial charge in [-0.05, 0) is 27.7 Å². The van der Waals surface area contributed by atoms with Crippen LogP contribution in [-0.4, -0.2) is 57.4 Å². The first kappa shape index (κ1) is 16.4. The highest BCUT2D eigenvalue weighted by atomic mass is 32.1. The molecule has 0 aliphatic carbocycles. The Kier molecular flexibility index (Phi) is 4.65. The lowest BCUT2D eigenvalue weighted by Crippen LogP contribution is -2.51. The number of aryl methyl sites for hydroxylation is 1. The first-order valence-corrected chi connectivity index (χ1v) is 8.75. The second-order valence-electron chi connectivity index (χ2n) is 6.28. The van der Waals surface area contributed by atoms with E-state index < -0.39 is 0 Å². The molecule has 0 amide bonds. The van der Waals surface area contributed by atoms with E-state index in [1.165, 1.54) is 21.9 Å². The minimum Gasteiger partial charge on any atom is -0.373 e. The third-order valence-electron chi connectivity index (χ3n) is 3.99. The first-order valence-electron chi connectivity index (χ1n) is 7.93. The lowest BCUT2D eigenvalue weighted by Gasteiger charge is -2.38. The van der Waals surface area contributed by atoms with Crippen LogP contribution in [0.25, 0.3) is 4.96 Å². The number of aromatic nitrogens is 3. The van der Waals surface area contributed by atoms with Gasteiger partial charge in [0, 0.05) is 37.4 Å². The number of rotatable bonds is 4. The molecule has 7 nitrogen and oxygen atoms in total. The third kappa shape index (κ3) is 3.70. The molecule has 2 aromatic heterocycles. The van der Waals surface area contributed by atoms with Crippen LogP contribution in [0.15, 0.2) is 10.9 Å². The van der Waals surface area contributed by atoms with Crippen LogP contribution in [0.1, 0.15) is 26.5 Å². The van der Waals surface area contributed by atoms with Crippen molar-refractivity contribution >= 4 is 21.4 Å². The van der Waals surface area contributed by atoms with E-state index in [0.29, 0.717) is 11.0 Å². The van der Waals surface area contributed by atoms with Gasteiger partial charge in [-0.15, -0.1) is 5.10 Å². The van der Waals surface area contributed by atoms with Crippen LogP contribution in [0.4, 0.5) is 5.13 Å². The molecular formula is C15H23N5O2S. The zero-order chi connectivity index (χ0) is 16.6. The average molecular weight is 337 g/mol. The van der Waals surface area contributed by atoms with Crippen molar-refractivity contribution in [1.29, 1.82) is 0 Å². The molecule has 126 valence electrons. The molecule has 0 aromatic carbocycles. The fourth-order valence-corrected chi connectivity index (χ4v) is 3.79. The van der Waals surface area contributed by atoms with Crippen LogP contribution in [0, 0.1) is 6.92 Å². The van der Waals surface area contributed by atoms with Crippen LogP contribution in [0.3, 0.4) is 0 Å². The summed E-state index contributed by atoms with van der Waals surface area (Å²) in [6, 6.07) is 1.86. The summed E-state index contributed by atoms with van der Waals surface area (Å²) in [5.41, 5.74) is 0.579. The summed E-state index contributed by atoms with van der Waals surface area (Å²) in [5.74, 6) is 0. The van der Waals surface area contributed by atoms with E-state index in [0.717, 1.165) is 30.5 Å². The largest absolute Gasteiger partial charge is 0.373 e. The molecule has 0 radical (unpaired) electrons. The first-order chi connectivity index (χ1) is 10.9. The van der Waals surface area contributed by atoms with Gasteiger partial charge in [0.05, 0.1) is 12.2 Å². The predicted octanol–water partition coefficient (Wildman–Crippen LogP) is 1.37. The molecular weight excluding hydrogens is 314 g/mol. The molecule has 1 aliphatic rings. The summed E-state index contributed by atoms with van der Waals surface area (Å²) in [4.78, 5) is 19.3. The molecule has 3 heterocycles. The zero-order valence-corrected chi connectivity index (χ0v) is 14.8. The molecule has 3 atom stereocenters. The van der Waals surface area contributed by atoms with Crippen LogP contribution in [-0.2, 0) is 4.74 Å². The number of nitrogens with one attached hydrogen (secondary N) is 1. The monoisotopic (exact) mass is 337 g/mol. The average Bonchev–Trinajstić information content (AvgIpc) is 2.87. The number of hydrogen-bond donors (Lipinski definition) is 1. The van der Waals surface area contributed by atoms with E-state index in [2.05, 4.69) is 41.1 Å². The number of fused-ring (bicyclic) bond motifs is 1. The fourth-order valence-electron chi connectivity index (χ4n) is 2.93. The Morgan fingerprint density at radius 1 is 1.43 bits per heavy atom. The van der Waals surface area contributed by atoms with Gasteiger partial charge in [-0.2, -0.15) is 4.52 Å². The molecule has 1 aliphatic heterocycles. The lowest BCUT2D eigenvalue weighted by molar-refractivity contribution is -0.0769.